The summed E-state index contributed by atoms with van der Waals surface area (Å²) in [6.45, 7) is 8.79. The number of ketones is 1. The van der Waals surface area contributed by atoms with Crippen molar-refractivity contribution in [3.8, 4) is 11.5 Å². The number of piperidine rings is 1. The van der Waals surface area contributed by atoms with Crippen molar-refractivity contribution in [2.24, 2.45) is 0 Å². The highest BCUT2D eigenvalue weighted by atomic mass is 16.5. The van der Waals surface area contributed by atoms with Crippen LogP contribution in [0.5, 0.6) is 11.5 Å². The molecule has 2 aliphatic rings. The molecule has 8 nitrogen and oxygen atoms in total. The van der Waals surface area contributed by atoms with E-state index in [1.165, 1.54) is 24.2 Å². The van der Waals surface area contributed by atoms with E-state index in [0.717, 1.165) is 30.8 Å². The first kappa shape index (κ1) is 25.7. The molecule has 0 radical (unpaired) electrons. The Kier molecular flexibility index (Phi) is 8.25. The molecule has 0 saturated carbocycles. The van der Waals surface area contributed by atoms with Crippen molar-refractivity contribution >= 4 is 23.3 Å². The van der Waals surface area contributed by atoms with Crippen LogP contribution >= 0.6 is 0 Å². The SMILES string of the molecule is Cc1ccc(OCC(=O)c2ccc3c(c2)N([C@@H](C)C(=O)NCCN2CCCCC2)C(=O)CO3)c(C)c1. The second-order valence-corrected chi connectivity index (χ2v) is 9.59. The van der Waals surface area contributed by atoms with Gasteiger partial charge >= 0.3 is 0 Å². The Bertz CT molecular complexity index is 1130. The number of likely N-dealkylation sites (tertiary alicyclic amines) is 1. The number of fused-ring (bicyclic) bond motifs is 1. The van der Waals surface area contributed by atoms with Crippen LogP contribution in [0, 0.1) is 13.8 Å². The number of ether oxygens (including phenoxy) is 2. The highest BCUT2D eigenvalue weighted by Gasteiger charge is 2.33. The number of Topliss-reactive ketones (excluding diaryl/α,β-unsaturated/α-hetero) is 1. The summed E-state index contributed by atoms with van der Waals surface area (Å²) in [5.74, 6) is 0.339. The normalized spacial score (nSPS) is 16.6. The van der Waals surface area contributed by atoms with Crippen molar-refractivity contribution in [2.45, 2.75) is 46.1 Å². The summed E-state index contributed by atoms with van der Waals surface area (Å²) in [5.41, 5.74) is 2.88. The van der Waals surface area contributed by atoms with Gasteiger partial charge in [0.15, 0.2) is 19.0 Å². The fourth-order valence-electron chi connectivity index (χ4n) is 4.74. The molecule has 2 amide bonds. The Labute approximate surface area is 212 Å². The molecule has 36 heavy (non-hydrogen) atoms. The lowest BCUT2D eigenvalue weighted by Gasteiger charge is -2.34. The van der Waals surface area contributed by atoms with Crippen LogP contribution in [0.2, 0.25) is 0 Å². The maximum absolute atomic E-state index is 12.9. The summed E-state index contributed by atoms with van der Waals surface area (Å²) in [6, 6.07) is 9.98. The lowest BCUT2D eigenvalue weighted by atomic mass is 10.1. The standard InChI is InChI=1S/C28H35N3O5/c1-19-7-9-25(20(2)15-19)35-17-24(32)22-8-10-26-23(16-22)31(27(33)18-36-26)21(3)28(34)29-11-14-30-12-5-4-6-13-30/h7-10,15-16,21H,4-6,11-14,17-18H2,1-3H3,(H,29,34)/t21-/m0/s1. The predicted molar refractivity (Wildman–Crippen MR) is 138 cm³/mol. The summed E-state index contributed by atoms with van der Waals surface area (Å²) < 4.78 is 11.3. The number of rotatable bonds is 9. The molecule has 2 aromatic rings. The molecule has 0 aliphatic carbocycles. The zero-order valence-corrected chi connectivity index (χ0v) is 21.3. The van der Waals surface area contributed by atoms with Gasteiger partial charge in [-0.25, -0.2) is 0 Å². The quantitative estimate of drug-likeness (QED) is 0.540. The van der Waals surface area contributed by atoms with Crippen LogP contribution in [0.15, 0.2) is 36.4 Å². The van der Waals surface area contributed by atoms with E-state index in [4.69, 9.17) is 9.47 Å². The van der Waals surface area contributed by atoms with Gasteiger partial charge < -0.3 is 19.7 Å². The second-order valence-electron chi connectivity index (χ2n) is 9.59. The zero-order chi connectivity index (χ0) is 25.7. The number of amides is 2. The molecular weight excluding hydrogens is 458 g/mol. The maximum Gasteiger partial charge on any atom is 0.265 e. The van der Waals surface area contributed by atoms with Crippen molar-refractivity contribution in [3.05, 3.63) is 53.1 Å². The Morgan fingerprint density at radius 3 is 2.61 bits per heavy atom. The monoisotopic (exact) mass is 493 g/mol. The zero-order valence-electron chi connectivity index (χ0n) is 21.3. The van der Waals surface area contributed by atoms with Crippen LogP contribution in [0.3, 0.4) is 0 Å². The molecule has 4 rings (SSSR count). The number of nitrogens with zero attached hydrogens (tertiary/aromatic N) is 2. The van der Waals surface area contributed by atoms with Crippen LogP contribution in [-0.4, -0.2) is 67.9 Å². The first-order valence-corrected chi connectivity index (χ1v) is 12.7. The van der Waals surface area contributed by atoms with Crippen molar-refractivity contribution in [1.82, 2.24) is 10.2 Å². The smallest absolute Gasteiger partial charge is 0.265 e. The van der Waals surface area contributed by atoms with Crippen molar-refractivity contribution in [2.75, 3.05) is 44.3 Å². The fourth-order valence-corrected chi connectivity index (χ4v) is 4.74. The number of hydrogen-bond acceptors (Lipinski definition) is 6. The minimum absolute atomic E-state index is 0.135. The van der Waals surface area contributed by atoms with Gasteiger partial charge in [0, 0.05) is 18.7 Å². The van der Waals surface area contributed by atoms with E-state index in [9.17, 15) is 14.4 Å². The molecule has 1 fully saturated rings. The molecule has 0 aromatic heterocycles. The number of carbonyl (C=O) groups excluding carboxylic acids is 3. The van der Waals surface area contributed by atoms with Gasteiger partial charge in [-0.15, -0.1) is 0 Å². The van der Waals surface area contributed by atoms with Gasteiger partial charge in [-0.3, -0.25) is 19.3 Å². The number of hydrogen-bond donors (Lipinski definition) is 1. The van der Waals surface area contributed by atoms with E-state index in [0.29, 0.717) is 29.3 Å². The van der Waals surface area contributed by atoms with E-state index in [-0.39, 0.29) is 30.8 Å². The maximum atomic E-state index is 12.9. The highest BCUT2D eigenvalue weighted by Crippen LogP contribution is 2.34. The fraction of sp³-hybridized carbons (Fsp3) is 0.464. The molecule has 1 atom stereocenters. The molecule has 0 unspecified atom stereocenters. The number of anilines is 1. The number of nitrogens with one attached hydrogen (secondary N) is 1. The third-order valence-corrected chi connectivity index (χ3v) is 6.79. The van der Waals surface area contributed by atoms with E-state index >= 15 is 0 Å². The van der Waals surface area contributed by atoms with Crippen molar-refractivity contribution in [3.63, 3.8) is 0 Å². The van der Waals surface area contributed by atoms with Crippen LogP contribution in [0.25, 0.3) is 0 Å². The lowest BCUT2D eigenvalue weighted by molar-refractivity contribution is -0.127. The van der Waals surface area contributed by atoms with Crippen LogP contribution < -0.4 is 19.7 Å². The molecule has 2 heterocycles. The number of carbonyl (C=O) groups is 3. The summed E-state index contributed by atoms with van der Waals surface area (Å²) >= 11 is 0. The summed E-state index contributed by atoms with van der Waals surface area (Å²) in [7, 11) is 0. The molecule has 0 bridgehead atoms. The number of aryl methyl sites for hydroxylation is 2. The minimum atomic E-state index is -0.738. The van der Waals surface area contributed by atoms with Gasteiger partial charge in [-0.1, -0.05) is 24.1 Å². The molecule has 2 aliphatic heterocycles. The highest BCUT2D eigenvalue weighted by molar-refractivity contribution is 6.05. The van der Waals surface area contributed by atoms with Crippen LogP contribution in [0.4, 0.5) is 5.69 Å². The second kappa shape index (κ2) is 11.6. The largest absolute Gasteiger partial charge is 0.485 e. The van der Waals surface area contributed by atoms with Crippen LogP contribution in [-0.2, 0) is 9.59 Å². The van der Waals surface area contributed by atoms with E-state index in [2.05, 4.69) is 10.2 Å². The molecule has 0 spiro atoms. The minimum Gasteiger partial charge on any atom is -0.485 e. The number of benzene rings is 2. The summed E-state index contributed by atoms with van der Waals surface area (Å²) in [5, 5.41) is 2.96. The lowest BCUT2D eigenvalue weighted by Crippen LogP contribution is -2.52. The predicted octanol–water partition coefficient (Wildman–Crippen LogP) is 3.28. The van der Waals surface area contributed by atoms with Gasteiger partial charge in [0.2, 0.25) is 5.91 Å². The van der Waals surface area contributed by atoms with Gasteiger partial charge in [0.25, 0.3) is 5.91 Å². The van der Waals surface area contributed by atoms with Gasteiger partial charge in [-0.05, 0) is 76.5 Å². The Morgan fingerprint density at radius 1 is 1.08 bits per heavy atom. The molecule has 1 saturated heterocycles. The van der Waals surface area contributed by atoms with Gasteiger partial charge in [-0.2, -0.15) is 0 Å². The summed E-state index contributed by atoms with van der Waals surface area (Å²) in [4.78, 5) is 42.4. The van der Waals surface area contributed by atoms with E-state index in [1.807, 2.05) is 32.0 Å². The van der Waals surface area contributed by atoms with Crippen molar-refractivity contribution in [1.29, 1.82) is 0 Å². The third kappa shape index (κ3) is 6.05. The Morgan fingerprint density at radius 2 is 1.86 bits per heavy atom. The van der Waals surface area contributed by atoms with Gasteiger partial charge in [0.05, 0.1) is 5.69 Å². The Hall–Kier alpha value is -3.39. The molecule has 8 heteroatoms. The molecule has 2 aromatic carbocycles. The first-order valence-electron chi connectivity index (χ1n) is 12.7. The third-order valence-electron chi connectivity index (χ3n) is 6.79. The van der Waals surface area contributed by atoms with E-state index < -0.39 is 6.04 Å². The topological polar surface area (TPSA) is 88.2 Å². The average molecular weight is 494 g/mol. The molecule has 192 valence electrons. The van der Waals surface area contributed by atoms with E-state index in [1.54, 1.807) is 25.1 Å². The summed E-state index contributed by atoms with van der Waals surface area (Å²) in [6.07, 6.45) is 3.65. The average Bonchev–Trinajstić information content (AvgIpc) is 2.87. The molecular formula is C28H35N3O5. The first-order chi connectivity index (χ1) is 17.3. The van der Waals surface area contributed by atoms with Crippen molar-refractivity contribution < 1.29 is 23.9 Å². The van der Waals surface area contributed by atoms with Crippen LogP contribution in [0.1, 0.15) is 47.7 Å². The molecule has 1 N–H and O–H groups in total. The Balaban J connectivity index is 1.42. The van der Waals surface area contributed by atoms with Gasteiger partial charge in [0.1, 0.15) is 17.5 Å².